The van der Waals surface area contributed by atoms with Crippen molar-refractivity contribution in [3.8, 4) is 0 Å². The van der Waals surface area contributed by atoms with Crippen molar-refractivity contribution in [1.82, 2.24) is 9.97 Å². The van der Waals surface area contributed by atoms with Gasteiger partial charge in [0.2, 0.25) is 0 Å². The molecule has 0 saturated carbocycles. The van der Waals surface area contributed by atoms with Crippen LogP contribution in [-0.2, 0) is 0 Å². The first-order valence-corrected chi connectivity index (χ1v) is 5.59. The largest absolute Gasteiger partial charge is 0.366 e. The van der Waals surface area contributed by atoms with Gasteiger partial charge in [-0.15, -0.1) is 0 Å². The van der Waals surface area contributed by atoms with Crippen LogP contribution in [0, 0.1) is 5.92 Å². The van der Waals surface area contributed by atoms with Gasteiger partial charge in [-0.1, -0.05) is 13.8 Å². The van der Waals surface area contributed by atoms with E-state index < -0.39 is 0 Å². The Morgan fingerprint density at radius 3 is 2.40 bits per heavy atom. The van der Waals surface area contributed by atoms with E-state index in [0.717, 1.165) is 10.3 Å². The molecule has 6 heteroatoms. The maximum absolute atomic E-state index is 5.31. The van der Waals surface area contributed by atoms with Crippen molar-refractivity contribution in [1.29, 1.82) is 0 Å². The van der Waals surface area contributed by atoms with Crippen LogP contribution in [0.3, 0.4) is 0 Å². The number of halogens is 1. The zero-order chi connectivity index (χ0) is 11.4. The molecule has 1 rings (SSSR count). The van der Waals surface area contributed by atoms with Gasteiger partial charge in [0.1, 0.15) is 16.6 Å². The zero-order valence-electron chi connectivity index (χ0n) is 9.08. The van der Waals surface area contributed by atoms with Gasteiger partial charge in [-0.2, -0.15) is 0 Å². The molecule has 0 saturated heterocycles. The Labute approximate surface area is 98.0 Å². The predicted molar refractivity (Wildman–Crippen MR) is 65.5 cm³/mol. The highest BCUT2D eigenvalue weighted by Crippen LogP contribution is 2.26. The monoisotopic (exact) mass is 273 g/mol. The van der Waals surface area contributed by atoms with Crippen LogP contribution in [0.15, 0.2) is 10.8 Å². The number of nitrogens with two attached hydrogens (primary N) is 1. The van der Waals surface area contributed by atoms with Crippen LogP contribution in [-0.4, -0.2) is 16.0 Å². The molecule has 0 fully saturated rings. The molecule has 0 amide bonds. The van der Waals surface area contributed by atoms with Crippen LogP contribution in [0.1, 0.15) is 20.8 Å². The SMILES string of the molecule is CC(C)C(C)Nc1ncnc(NN)c1Br. The van der Waals surface area contributed by atoms with Crippen molar-refractivity contribution < 1.29 is 0 Å². The minimum absolute atomic E-state index is 0.335. The summed E-state index contributed by atoms with van der Waals surface area (Å²) in [4.78, 5) is 8.12. The Bertz CT molecular complexity index is 328. The average Bonchev–Trinajstić information content (AvgIpc) is 2.21. The van der Waals surface area contributed by atoms with E-state index in [2.05, 4.69) is 57.4 Å². The summed E-state index contributed by atoms with van der Waals surface area (Å²) in [5.74, 6) is 7.16. The average molecular weight is 274 g/mol. The number of aromatic nitrogens is 2. The molecule has 1 atom stereocenters. The number of anilines is 2. The number of nitrogens with zero attached hydrogens (tertiary/aromatic N) is 2. The van der Waals surface area contributed by atoms with E-state index >= 15 is 0 Å². The molecule has 1 unspecified atom stereocenters. The summed E-state index contributed by atoms with van der Waals surface area (Å²) in [6, 6.07) is 0.335. The van der Waals surface area contributed by atoms with Gasteiger partial charge in [-0.05, 0) is 28.8 Å². The number of rotatable bonds is 4. The number of hydrogen-bond donors (Lipinski definition) is 3. The lowest BCUT2D eigenvalue weighted by Crippen LogP contribution is -2.23. The molecule has 15 heavy (non-hydrogen) atoms. The van der Waals surface area contributed by atoms with Gasteiger partial charge in [0.25, 0.3) is 0 Å². The van der Waals surface area contributed by atoms with Crippen molar-refractivity contribution >= 4 is 27.6 Å². The van der Waals surface area contributed by atoms with Gasteiger partial charge in [0, 0.05) is 6.04 Å². The second kappa shape index (κ2) is 5.27. The van der Waals surface area contributed by atoms with Crippen molar-refractivity contribution in [2.24, 2.45) is 11.8 Å². The maximum atomic E-state index is 5.31. The molecule has 0 spiro atoms. The standard InChI is InChI=1S/C9H16BrN5/c1-5(2)6(3)14-8-7(10)9(15-11)13-4-12-8/h4-6H,11H2,1-3H3,(H2,12,13,14,15). The minimum Gasteiger partial charge on any atom is -0.366 e. The van der Waals surface area contributed by atoms with Gasteiger partial charge in [0.15, 0.2) is 5.82 Å². The third-order valence-corrected chi connectivity index (χ3v) is 3.04. The molecule has 0 radical (unpaired) electrons. The summed E-state index contributed by atoms with van der Waals surface area (Å²) in [7, 11) is 0. The first-order chi connectivity index (χ1) is 7.06. The summed E-state index contributed by atoms with van der Waals surface area (Å²) in [5.41, 5.74) is 2.50. The lowest BCUT2D eigenvalue weighted by atomic mass is 10.1. The van der Waals surface area contributed by atoms with Gasteiger partial charge < -0.3 is 10.7 Å². The maximum Gasteiger partial charge on any atom is 0.159 e. The molecular formula is C9H16BrN5. The zero-order valence-corrected chi connectivity index (χ0v) is 10.7. The number of hydrazine groups is 1. The molecular weight excluding hydrogens is 258 g/mol. The van der Waals surface area contributed by atoms with Gasteiger partial charge in [0.05, 0.1) is 0 Å². The minimum atomic E-state index is 0.335. The van der Waals surface area contributed by atoms with Crippen LogP contribution in [0.5, 0.6) is 0 Å². The summed E-state index contributed by atoms with van der Waals surface area (Å²) in [6.45, 7) is 6.40. The molecule has 1 aromatic heterocycles. The Morgan fingerprint density at radius 2 is 1.87 bits per heavy atom. The summed E-state index contributed by atoms with van der Waals surface area (Å²) in [6.07, 6.45) is 1.47. The molecule has 0 aliphatic rings. The normalized spacial score (nSPS) is 12.7. The summed E-state index contributed by atoms with van der Waals surface area (Å²) in [5, 5.41) is 3.29. The Balaban J connectivity index is 2.86. The van der Waals surface area contributed by atoms with Gasteiger partial charge in [-0.25, -0.2) is 15.8 Å². The molecule has 1 aromatic rings. The summed E-state index contributed by atoms with van der Waals surface area (Å²) >= 11 is 3.39. The number of nitrogens with one attached hydrogen (secondary N) is 2. The van der Waals surface area contributed by atoms with Crippen molar-refractivity contribution in [2.75, 3.05) is 10.7 Å². The topological polar surface area (TPSA) is 75.9 Å². The van der Waals surface area contributed by atoms with E-state index in [4.69, 9.17) is 5.84 Å². The first-order valence-electron chi connectivity index (χ1n) is 4.80. The van der Waals surface area contributed by atoms with Crippen molar-refractivity contribution in [2.45, 2.75) is 26.8 Å². The first kappa shape index (κ1) is 12.2. The summed E-state index contributed by atoms with van der Waals surface area (Å²) < 4.78 is 0.750. The quantitative estimate of drug-likeness (QED) is 0.578. The molecule has 5 nitrogen and oxygen atoms in total. The Hall–Kier alpha value is -0.880. The van der Waals surface area contributed by atoms with Crippen LogP contribution in [0.25, 0.3) is 0 Å². The Morgan fingerprint density at radius 1 is 1.27 bits per heavy atom. The highest BCUT2D eigenvalue weighted by molar-refractivity contribution is 9.10. The Kier molecular flexibility index (Phi) is 4.28. The number of nitrogen functional groups attached to an aromatic ring is 1. The molecule has 1 heterocycles. The second-order valence-corrected chi connectivity index (χ2v) is 4.50. The number of hydrogen-bond acceptors (Lipinski definition) is 5. The fourth-order valence-electron chi connectivity index (χ4n) is 0.953. The van der Waals surface area contributed by atoms with Gasteiger partial charge in [-0.3, -0.25) is 0 Å². The fourth-order valence-corrected chi connectivity index (χ4v) is 1.39. The molecule has 4 N–H and O–H groups in total. The molecule has 0 aliphatic carbocycles. The second-order valence-electron chi connectivity index (χ2n) is 3.71. The van der Waals surface area contributed by atoms with E-state index in [1.54, 1.807) is 0 Å². The third-order valence-electron chi connectivity index (χ3n) is 2.29. The van der Waals surface area contributed by atoms with Crippen LogP contribution >= 0.6 is 15.9 Å². The smallest absolute Gasteiger partial charge is 0.159 e. The molecule has 0 bridgehead atoms. The highest BCUT2D eigenvalue weighted by atomic mass is 79.9. The predicted octanol–water partition coefficient (Wildman–Crippen LogP) is 1.98. The molecule has 0 aromatic carbocycles. The molecule has 0 aliphatic heterocycles. The van der Waals surface area contributed by atoms with E-state index in [1.165, 1.54) is 6.33 Å². The lowest BCUT2D eigenvalue weighted by molar-refractivity contribution is 0.558. The van der Waals surface area contributed by atoms with E-state index in [-0.39, 0.29) is 0 Å². The third kappa shape index (κ3) is 3.04. The lowest BCUT2D eigenvalue weighted by Gasteiger charge is -2.19. The van der Waals surface area contributed by atoms with Crippen LogP contribution in [0.4, 0.5) is 11.6 Å². The van der Waals surface area contributed by atoms with Crippen LogP contribution < -0.4 is 16.6 Å². The van der Waals surface area contributed by atoms with Gasteiger partial charge >= 0.3 is 0 Å². The fraction of sp³-hybridized carbons (Fsp3) is 0.556. The van der Waals surface area contributed by atoms with E-state index in [1.807, 2.05) is 0 Å². The van der Waals surface area contributed by atoms with Crippen molar-refractivity contribution in [3.05, 3.63) is 10.8 Å². The highest BCUT2D eigenvalue weighted by Gasteiger charge is 2.12. The molecule has 84 valence electrons. The van der Waals surface area contributed by atoms with E-state index in [9.17, 15) is 0 Å². The van der Waals surface area contributed by atoms with Crippen molar-refractivity contribution in [3.63, 3.8) is 0 Å². The van der Waals surface area contributed by atoms with Crippen LogP contribution in [0.2, 0.25) is 0 Å². The van der Waals surface area contributed by atoms with E-state index in [0.29, 0.717) is 17.8 Å².